The van der Waals surface area contributed by atoms with E-state index in [1.54, 1.807) is 12.1 Å². The zero-order valence-electron chi connectivity index (χ0n) is 12.0. The van der Waals surface area contributed by atoms with Gasteiger partial charge in [0.05, 0.1) is 0 Å². The van der Waals surface area contributed by atoms with E-state index in [4.69, 9.17) is 9.47 Å². The average Bonchev–Trinajstić information content (AvgIpc) is 2.95. The molecule has 112 valence electrons. The minimum absolute atomic E-state index is 0.0374. The molecule has 0 radical (unpaired) electrons. The minimum Gasteiger partial charge on any atom is -0.427 e. The number of benzene rings is 2. The van der Waals surface area contributed by atoms with Gasteiger partial charge in [0.1, 0.15) is 6.10 Å². The number of Topliss-reactive ketones (excluding diaryl/α,β-unsaturated/α-hetero) is 1. The number of ether oxygens (including phenoxy) is 2. The maximum atomic E-state index is 12.1. The van der Waals surface area contributed by atoms with Gasteiger partial charge in [-0.1, -0.05) is 60.7 Å². The molecule has 22 heavy (non-hydrogen) atoms. The molecule has 2 aromatic carbocycles. The summed E-state index contributed by atoms with van der Waals surface area (Å²) < 4.78 is 10.4. The van der Waals surface area contributed by atoms with Crippen LogP contribution in [0.1, 0.15) is 34.9 Å². The van der Waals surface area contributed by atoms with Gasteiger partial charge in [0.2, 0.25) is 0 Å². The van der Waals surface area contributed by atoms with E-state index in [-0.39, 0.29) is 5.78 Å². The van der Waals surface area contributed by atoms with Gasteiger partial charge >= 0.3 is 6.16 Å². The Hall–Kier alpha value is -2.62. The standard InChI is InChI=1S/C18H16O4/c19-15(13-7-3-1-4-8-13)11-12-16-17(22-18(20)21-16)14-9-5-2-6-10-14/h1-10,16-17H,11-12H2/t16-,17-/m1/s1. The van der Waals surface area contributed by atoms with E-state index in [0.29, 0.717) is 18.4 Å². The Kier molecular flexibility index (Phi) is 4.19. The van der Waals surface area contributed by atoms with Crippen molar-refractivity contribution in [2.45, 2.75) is 25.0 Å². The predicted octanol–water partition coefficient (Wildman–Crippen LogP) is 3.93. The first-order valence-corrected chi connectivity index (χ1v) is 7.24. The fraction of sp³-hybridized carbons (Fsp3) is 0.222. The summed E-state index contributed by atoms with van der Waals surface area (Å²) in [6.07, 6.45) is -0.793. The molecule has 1 aliphatic rings. The van der Waals surface area contributed by atoms with Crippen LogP contribution >= 0.6 is 0 Å². The fourth-order valence-electron chi connectivity index (χ4n) is 2.57. The molecule has 1 heterocycles. The van der Waals surface area contributed by atoms with Crippen LogP contribution in [0.4, 0.5) is 4.79 Å². The van der Waals surface area contributed by atoms with Gasteiger partial charge in [-0.05, 0) is 12.0 Å². The van der Waals surface area contributed by atoms with Crippen molar-refractivity contribution < 1.29 is 19.1 Å². The Morgan fingerprint density at radius 1 is 0.909 bits per heavy atom. The molecule has 2 aromatic rings. The molecule has 0 aromatic heterocycles. The zero-order valence-corrected chi connectivity index (χ0v) is 12.0. The van der Waals surface area contributed by atoms with Crippen molar-refractivity contribution in [2.24, 2.45) is 0 Å². The predicted molar refractivity (Wildman–Crippen MR) is 80.5 cm³/mol. The van der Waals surface area contributed by atoms with Crippen molar-refractivity contribution in [3.8, 4) is 0 Å². The molecule has 3 rings (SSSR count). The third kappa shape index (κ3) is 3.17. The molecule has 4 heteroatoms. The monoisotopic (exact) mass is 296 g/mol. The SMILES string of the molecule is O=C1O[C@H](c2ccccc2)[C@@H](CCC(=O)c2ccccc2)O1. The van der Waals surface area contributed by atoms with Crippen molar-refractivity contribution in [3.63, 3.8) is 0 Å². The van der Waals surface area contributed by atoms with E-state index in [9.17, 15) is 9.59 Å². The van der Waals surface area contributed by atoms with Crippen LogP contribution in [0.2, 0.25) is 0 Å². The van der Waals surface area contributed by atoms with Gasteiger partial charge in [-0.3, -0.25) is 4.79 Å². The second-order valence-electron chi connectivity index (χ2n) is 5.18. The number of hydrogen-bond acceptors (Lipinski definition) is 4. The number of hydrogen-bond donors (Lipinski definition) is 0. The number of cyclic esters (lactones) is 2. The average molecular weight is 296 g/mol. The molecule has 1 aliphatic heterocycles. The van der Waals surface area contributed by atoms with Crippen molar-refractivity contribution in [1.29, 1.82) is 0 Å². The van der Waals surface area contributed by atoms with E-state index in [2.05, 4.69) is 0 Å². The molecule has 4 nitrogen and oxygen atoms in total. The molecule has 1 fully saturated rings. The summed E-state index contributed by atoms with van der Waals surface area (Å²) in [6.45, 7) is 0. The van der Waals surface area contributed by atoms with Crippen molar-refractivity contribution in [2.75, 3.05) is 0 Å². The number of ketones is 1. The summed E-state index contributed by atoms with van der Waals surface area (Å²) in [6, 6.07) is 18.5. The van der Waals surface area contributed by atoms with E-state index < -0.39 is 18.4 Å². The summed E-state index contributed by atoms with van der Waals surface area (Å²) >= 11 is 0. The molecular weight excluding hydrogens is 280 g/mol. The Bertz CT molecular complexity index is 651. The molecule has 0 unspecified atom stereocenters. The lowest BCUT2D eigenvalue weighted by Gasteiger charge is -2.15. The lowest BCUT2D eigenvalue weighted by Crippen LogP contribution is -2.17. The summed E-state index contributed by atoms with van der Waals surface area (Å²) in [5.74, 6) is 0.0374. The molecule has 2 atom stereocenters. The van der Waals surface area contributed by atoms with Crippen molar-refractivity contribution in [1.82, 2.24) is 0 Å². The number of carbonyl (C=O) groups excluding carboxylic acids is 2. The van der Waals surface area contributed by atoms with E-state index in [1.807, 2.05) is 48.5 Å². The fourth-order valence-corrected chi connectivity index (χ4v) is 2.57. The minimum atomic E-state index is -0.675. The lowest BCUT2D eigenvalue weighted by molar-refractivity contribution is 0.0922. The Labute approximate surface area is 128 Å². The number of carbonyl (C=O) groups is 2. The zero-order chi connectivity index (χ0) is 15.4. The van der Waals surface area contributed by atoms with Crippen LogP contribution in [0.25, 0.3) is 0 Å². The van der Waals surface area contributed by atoms with E-state index in [1.165, 1.54) is 0 Å². The highest BCUT2D eigenvalue weighted by molar-refractivity contribution is 5.96. The molecule has 0 saturated carbocycles. The smallest absolute Gasteiger partial charge is 0.427 e. The third-order valence-corrected chi connectivity index (χ3v) is 3.69. The van der Waals surface area contributed by atoms with E-state index >= 15 is 0 Å². The van der Waals surface area contributed by atoms with Crippen LogP contribution in [0.5, 0.6) is 0 Å². The van der Waals surface area contributed by atoms with Gasteiger partial charge in [0.25, 0.3) is 0 Å². The Morgan fingerprint density at radius 2 is 1.55 bits per heavy atom. The van der Waals surface area contributed by atoms with Crippen LogP contribution in [0.15, 0.2) is 60.7 Å². The van der Waals surface area contributed by atoms with Gasteiger partial charge in [-0.25, -0.2) is 4.79 Å². The molecule has 0 aliphatic carbocycles. The van der Waals surface area contributed by atoms with Crippen LogP contribution in [-0.4, -0.2) is 18.0 Å². The first kappa shape index (κ1) is 14.3. The maximum Gasteiger partial charge on any atom is 0.509 e. The second kappa shape index (κ2) is 6.43. The molecule has 0 spiro atoms. The first-order valence-electron chi connectivity index (χ1n) is 7.24. The topological polar surface area (TPSA) is 52.6 Å². The quantitative estimate of drug-likeness (QED) is 0.619. The van der Waals surface area contributed by atoms with Gasteiger partial charge in [-0.15, -0.1) is 0 Å². The summed E-state index contributed by atoms with van der Waals surface area (Å²) in [5, 5.41) is 0. The highest BCUT2D eigenvalue weighted by Gasteiger charge is 2.37. The van der Waals surface area contributed by atoms with Gasteiger partial charge in [-0.2, -0.15) is 0 Å². The normalized spacial score (nSPS) is 20.3. The molecule has 0 N–H and O–H groups in total. The lowest BCUT2D eigenvalue weighted by atomic mass is 9.98. The summed E-state index contributed by atoms with van der Waals surface area (Å²) in [4.78, 5) is 23.6. The van der Waals surface area contributed by atoms with Crippen LogP contribution in [-0.2, 0) is 9.47 Å². The second-order valence-corrected chi connectivity index (χ2v) is 5.18. The Balaban J connectivity index is 1.66. The van der Waals surface area contributed by atoms with E-state index in [0.717, 1.165) is 5.56 Å². The molecule has 1 saturated heterocycles. The highest BCUT2D eigenvalue weighted by Crippen LogP contribution is 2.32. The first-order chi connectivity index (χ1) is 10.7. The van der Waals surface area contributed by atoms with Crippen LogP contribution in [0.3, 0.4) is 0 Å². The van der Waals surface area contributed by atoms with Crippen molar-refractivity contribution >= 4 is 11.9 Å². The summed E-state index contributed by atoms with van der Waals surface area (Å²) in [5.41, 5.74) is 1.55. The van der Waals surface area contributed by atoms with Gasteiger partial charge in [0.15, 0.2) is 11.9 Å². The molecule has 0 amide bonds. The third-order valence-electron chi connectivity index (χ3n) is 3.69. The highest BCUT2D eigenvalue weighted by atomic mass is 16.8. The van der Waals surface area contributed by atoms with Crippen LogP contribution in [0, 0.1) is 0 Å². The van der Waals surface area contributed by atoms with Gasteiger partial charge in [0, 0.05) is 12.0 Å². The van der Waals surface area contributed by atoms with Crippen molar-refractivity contribution in [3.05, 3.63) is 71.8 Å². The maximum absolute atomic E-state index is 12.1. The van der Waals surface area contributed by atoms with Crippen LogP contribution < -0.4 is 0 Å². The molecular formula is C18H16O4. The largest absolute Gasteiger partial charge is 0.509 e. The van der Waals surface area contributed by atoms with Gasteiger partial charge < -0.3 is 9.47 Å². The number of rotatable bonds is 5. The Morgan fingerprint density at radius 3 is 2.23 bits per heavy atom. The summed E-state index contributed by atoms with van der Waals surface area (Å²) in [7, 11) is 0. The molecule has 0 bridgehead atoms.